The lowest BCUT2D eigenvalue weighted by Gasteiger charge is -2.10. The fourth-order valence-corrected chi connectivity index (χ4v) is 2.03. The lowest BCUT2D eigenvalue weighted by molar-refractivity contribution is -0.115. The molecule has 1 heterocycles. The summed E-state index contributed by atoms with van der Waals surface area (Å²) in [5.74, 6) is 0.598. The topological polar surface area (TPSA) is 71.5 Å². The second kappa shape index (κ2) is 6.85. The van der Waals surface area contributed by atoms with Gasteiger partial charge in [0, 0.05) is 11.8 Å². The van der Waals surface area contributed by atoms with Crippen molar-refractivity contribution in [1.29, 1.82) is 0 Å². The van der Waals surface area contributed by atoms with Gasteiger partial charge < -0.3 is 15.2 Å². The Labute approximate surface area is 123 Å². The van der Waals surface area contributed by atoms with E-state index in [-0.39, 0.29) is 18.9 Å². The number of rotatable bonds is 5. The minimum absolute atomic E-state index is 0.142. The summed E-state index contributed by atoms with van der Waals surface area (Å²) in [5.41, 5.74) is 3.06. The molecule has 0 saturated heterocycles. The first-order valence-electron chi connectivity index (χ1n) is 6.61. The average Bonchev–Trinajstić information content (AvgIpc) is 2.49. The Morgan fingerprint density at radius 2 is 2.19 bits per heavy atom. The third kappa shape index (κ3) is 3.79. The molecule has 1 amide bonds. The van der Waals surface area contributed by atoms with E-state index in [0.29, 0.717) is 11.3 Å². The van der Waals surface area contributed by atoms with Crippen molar-refractivity contribution in [2.45, 2.75) is 20.0 Å². The van der Waals surface area contributed by atoms with E-state index < -0.39 is 0 Å². The van der Waals surface area contributed by atoms with Crippen molar-refractivity contribution in [1.82, 2.24) is 4.98 Å². The number of hydrogen-bond acceptors (Lipinski definition) is 4. The van der Waals surface area contributed by atoms with E-state index in [1.54, 1.807) is 19.4 Å². The first-order chi connectivity index (χ1) is 10.1. The number of ether oxygens (including phenoxy) is 1. The largest absolute Gasteiger partial charge is 0.496 e. The minimum Gasteiger partial charge on any atom is -0.496 e. The summed E-state index contributed by atoms with van der Waals surface area (Å²) < 4.78 is 5.25. The summed E-state index contributed by atoms with van der Waals surface area (Å²) in [7, 11) is 1.61. The molecule has 0 unspecified atom stereocenters. The molecule has 0 aliphatic heterocycles. The third-order valence-electron chi connectivity index (χ3n) is 3.19. The summed E-state index contributed by atoms with van der Waals surface area (Å²) in [6.07, 6.45) is 3.33. The molecule has 1 aromatic carbocycles. The second-order valence-corrected chi connectivity index (χ2v) is 4.72. The molecule has 0 radical (unpaired) electrons. The van der Waals surface area contributed by atoms with Crippen LogP contribution in [0.1, 0.15) is 16.7 Å². The van der Waals surface area contributed by atoms with Crippen LogP contribution >= 0.6 is 0 Å². The molecule has 21 heavy (non-hydrogen) atoms. The van der Waals surface area contributed by atoms with Gasteiger partial charge in [-0.25, -0.2) is 0 Å². The normalized spacial score (nSPS) is 10.2. The SMILES string of the molecule is COc1cc(CC(=O)Nc2cnccc2CO)ccc1C. The average molecular weight is 286 g/mol. The Kier molecular flexibility index (Phi) is 4.90. The van der Waals surface area contributed by atoms with Crippen molar-refractivity contribution >= 4 is 11.6 Å². The van der Waals surface area contributed by atoms with Crippen molar-refractivity contribution in [2.24, 2.45) is 0 Å². The van der Waals surface area contributed by atoms with Gasteiger partial charge in [-0.3, -0.25) is 9.78 Å². The van der Waals surface area contributed by atoms with E-state index in [4.69, 9.17) is 4.74 Å². The van der Waals surface area contributed by atoms with Crippen molar-refractivity contribution < 1.29 is 14.6 Å². The summed E-state index contributed by atoms with van der Waals surface area (Å²) >= 11 is 0. The number of methoxy groups -OCH3 is 1. The van der Waals surface area contributed by atoms with Gasteiger partial charge in [-0.15, -0.1) is 0 Å². The number of aromatic nitrogens is 1. The molecule has 5 nitrogen and oxygen atoms in total. The molecular formula is C16H18N2O3. The number of nitrogens with one attached hydrogen (secondary N) is 1. The minimum atomic E-state index is -0.163. The fourth-order valence-electron chi connectivity index (χ4n) is 2.03. The predicted molar refractivity (Wildman–Crippen MR) is 80.2 cm³/mol. The lowest BCUT2D eigenvalue weighted by Crippen LogP contribution is -2.16. The standard InChI is InChI=1S/C16H18N2O3/c1-11-3-4-12(7-15(11)21-2)8-16(20)18-14-9-17-6-5-13(14)10-19/h3-7,9,19H,8,10H2,1-2H3,(H,18,20). The maximum absolute atomic E-state index is 12.1. The van der Waals surface area contributed by atoms with Crippen LogP contribution in [0.4, 0.5) is 5.69 Å². The number of aliphatic hydroxyl groups is 1. The van der Waals surface area contributed by atoms with E-state index in [2.05, 4.69) is 10.3 Å². The number of aliphatic hydroxyl groups excluding tert-OH is 1. The van der Waals surface area contributed by atoms with E-state index >= 15 is 0 Å². The first kappa shape index (κ1) is 15.0. The zero-order chi connectivity index (χ0) is 15.2. The summed E-state index contributed by atoms with van der Waals surface area (Å²) in [5, 5.41) is 12.0. The number of amides is 1. The number of benzene rings is 1. The number of pyridine rings is 1. The van der Waals surface area contributed by atoms with Gasteiger partial charge in [-0.05, 0) is 30.2 Å². The van der Waals surface area contributed by atoms with Crippen LogP contribution in [0.15, 0.2) is 36.7 Å². The molecule has 0 atom stereocenters. The van der Waals surface area contributed by atoms with Crippen molar-refractivity contribution in [3.05, 3.63) is 53.3 Å². The second-order valence-electron chi connectivity index (χ2n) is 4.72. The van der Waals surface area contributed by atoms with Gasteiger partial charge in [-0.1, -0.05) is 12.1 Å². The van der Waals surface area contributed by atoms with Crippen LogP contribution in [0.2, 0.25) is 0 Å². The summed E-state index contributed by atoms with van der Waals surface area (Å²) in [6, 6.07) is 7.34. The fraction of sp³-hybridized carbons (Fsp3) is 0.250. The van der Waals surface area contributed by atoms with E-state index in [0.717, 1.165) is 16.9 Å². The van der Waals surface area contributed by atoms with Crippen molar-refractivity contribution in [3.8, 4) is 5.75 Å². The van der Waals surface area contributed by atoms with Gasteiger partial charge in [0.2, 0.25) is 5.91 Å². The number of aryl methyl sites for hydroxylation is 1. The molecule has 0 aliphatic rings. The number of hydrogen-bond donors (Lipinski definition) is 2. The quantitative estimate of drug-likeness (QED) is 0.882. The zero-order valence-corrected chi connectivity index (χ0v) is 12.1. The molecule has 2 aromatic rings. The molecule has 0 spiro atoms. The number of nitrogens with zero attached hydrogens (tertiary/aromatic N) is 1. The van der Waals surface area contributed by atoms with Gasteiger partial charge in [-0.2, -0.15) is 0 Å². The number of carbonyl (C=O) groups is 1. The molecule has 0 fully saturated rings. The molecule has 5 heteroatoms. The highest BCUT2D eigenvalue weighted by atomic mass is 16.5. The highest BCUT2D eigenvalue weighted by molar-refractivity contribution is 5.92. The highest BCUT2D eigenvalue weighted by Gasteiger charge is 2.09. The van der Waals surface area contributed by atoms with Crippen LogP contribution in [0.25, 0.3) is 0 Å². The molecule has 0 aliphatic carbocycles. The van der Waals surface area contributed by atoms with Gasteiger partial charge in [0.1, 0.15) is 5.75 Å². The third-order valence-corrected chi connectivity index (χ3v) is 3.19. The van der Waals surface area contributed by atoms with Crippen LogP contribution in [-0.4, -0.2) is 23.1 Å². The molecular weight excluding hydrogens is 268 g/mol. The van der Waals surface area contributed by atoms with Crippen LogP contribution < -0.4 is 10.1 Å². The van der Waals surface area contributed by atoms with E-state index in [1.165, 1.54) is 6.20 Å². The first-order valence-corrected chi connectivity index (χ1v) is 6.61. The Morgan fingerprint density at radius 1 is 1.38 bits per heavy atom. The van der Waals surface area contributed by atoms with Gasteiger partial charge in [0.05, 0.1) is 32.0 Å². The van der Waals surface area contributed by atoms with Crippen molar-refractivity contribution in [3.63, 3.8) is 0 Å². The summed E-state index contributed by atoms with van der Waals surface area (Å²) in [4.78, 5) is 16.0. The summed E-state index contributed by atoms with van der Waals surface area (Å²) in [6.45, 7) is 1.81. The van der Waals surface area contributed by atoms with Crippen LogP contribution in [-0.2, 0) is 17.8 Å². The zero-order valence-electron chi connectivity index (χ0n) is 12.1. The van der Waals surface area contributed by atoms with Gasteiger partial charge in [0.15, 0.2) is 0 Å². The van der Waals surface area contributed by atoms with Gasteiger partial charge >= 0.3 is 0 Å². The smallest absolute Gasteiger partial charge is 0.228 e. The van der Waals surface area contributed by atoms with Crippen LogP contribution in [0.3, 0.4) is 0 Å². The molecule has 2 rings (SSSR count). The monoisotopic (exact) mass is 286 g/mol. The Balaban J connectivity index is 2.08. The van der Waals surface area contributed by atoms with Crippen LogP contribution in [0, 0.1) is 6.92 Å². The Hall–Kier alpha value is -2.40. The van der Waals surface area contributed by atoms with Gasteiger partial charge in [0.25, 0.3) is 0 Å². The molecule has 110 valence electrons. The molecule has 2 N–H and O–H groups in total. The number of carbonyl (C=O) groups excluding carboxylic acids is 1. The van der Waals surface area contributed by atoms with E-state index in [9.17, 15) is 9.90 Å². The maximum Gasteiger partial charge on any atom is 0.228 e. The Bertz CT molecular complexity index is 641. The maximum atomic E-state index is 12.1. The lowest BCUT2D eigenvalue weighted by atomic mass is 10.1. The number of anilines is 1. The molecule has 0 saturated carbocycles. The Morgan fingerprint density at radius 3 is 2.90 bits per heavy atom. The molecule has 0 bridgehead atoms. The highest BCUT2D eigenvalue weighted by Crippen LogP contribution is 2.20. The molecule has 1 aromatic heterocycles. The van der Waals surface area contributed by atoms with Crippen molar-refractivity contribution in [2.75, 3.05) is 12.4 Å². The van der Waals surface area contributed by atoms with E-state index in [1.807, 2.05) is 25.1 Å². The van der Waals surface area contributed by atoms with Crippen LogP contribution in [0.5, 0.6) is 5.75 Å². The predicted octanol–water partition coefficient (Wildman–Crippen LogP) is 2.07.